The number of nitrogens with two attached hydrogens (primary N) is 1. The van der Waals surface area contributed by atoms with E-state index in [1.807, 2.05) is 22.9 Å². The summed E-state index contributed by atoms with van der Waals surface area (Å²) in [4.78, 5) is 0. The van der Waals surface area contributed by atoms with E-state index < -0.39 is 0 Å². The summed E-state index contributed by atoms with van der Waals surface area (Å²) < 4.78 is 1.85. The lowest BCUT2D eigenvalue weighted by atomic mass is 9.96. The van der Waals surface area contributed by atoms with Crippen LogP contribution in [-0.2, 0) is 7.05 Å². The van der Waals surface area contributed by atoms with Crippen LogP contribution < -0.4 is 5.84 Å². The van der Waals surface area contributed by atoms with Crippen LogP contribution in [0.4, 0.5) is 0 Å². The van der Waals surface area contributed by atoms with E-state index >= 15 is 0 Å². The van der Waals surface area contributed by atoms with Crippen molar-refractivity contribution in [2.45, 2.75) is 18.8 Å². The number of aromatic nitrogens is 2. The van der Waals surface area contributed by atoms with Gasteiger partial charge in [-0.05, 0) is 18.9 Å². The van der Waals surface area contributed by atoms with E-state index in [0.29, 0.717) is 5.92 Å². The Morgan fingerprint density at radius 3 is 3.08 bits per heavy atom. The first-order chi connectivity index (χ1) is 6.25. The molecule has 0 radical (unpaired) electrons. The van der Waals surface area contributed by atoms with Gasteiger partial charge in [0.2, 0.25) is 0 Å². The van der Waals surface area contributed by atoms with E-state index in [-0.39, 0.29) is 0 Å². The van der Waals surface area contributed by atoms with Crippen molar-refractivity contribution in [1.29, 1.82) is 0 Å². The minimum Gasteiger partial charge on any atom is -0.276 e. The normalized spacial score (nSPS) is 24.9. The highest BCUT2D eigenvalue weighted by atomic mass is 15.4. The molecule has 0 aliphatic carbocycles. The molecule has 1 aliphatic heterocycles. The van der Waals surface area contributed by atoms with Gasteiger partial charge >= 0.3 is 0 Å². The predicted octanol–water partition coefficient (Wildman–Crippen LogP) is 0.473. The number of aryl methyl sites for hydroxylation is 1. The molecule has 72 valence electrons. The van der Waals surface area contributed by atoms with E-state index in [2.05, 4.69) is 11.2 Å². The summed E-state index contributed by atoms with van der Waals surface area (Å²) >= 11 is 0. The summed E-state index contributed by atoms with van der Waals surface area (Å²) in [7, 11) is 1.95. The molecule has 1 fully saturated rings. The molecule has 2 rings (SSSR count). The summed E-state index contributed by atoms with van der Waals surface area (Å²) in [6, 6.07) is 2.09. The minimum absolute atomic E-state index is 0.528. The van der Waals surface area contributed by atoms with Gasteiger partial charge in [-0.15, -0.1) is 0 Å². The highest BCUT2D eigenvalue weighted by molar-refractivity contribution is 5.07. The second-order valence-electron chi connectivity index (χ2n) is 3.75. The summed E-state index contributed by atoms with van der Waals surface area (Å²) in [6.45, 7) is 1.96. The lowest BCUT2D eigenvalue weighted by Crippen LogP contribution is -2.39. The Balaban J connectivity index is 2.08. The van der Waals surface area contributed by atoms with Crippen molar-refractivity contribution in [2.24, 2.45) is 12.9 Å². The quantitative estimate of drug-likeness (QED) is 0.639. The second kappa shape index (κ2) is 3.47. The largest absolute Gasteiger partial charge is 0.276 e. The maximum atomic E-state index is 5.77. The number of hydrogen-bond acceptors (Lipinski definition) is 3. The lowest BCUT2D eigenvalue weighted by Gasteiger charge is -2.27. The SMILES string of the molecule is Cn1ccc(C2CCCN(N)C2)n1. The van der Waals surface area contributed by atoms with Crippen LogP contribution in [0.5, 0.6) is 0 Å². The van der Waals surface area contributed by atoms with E-state index in [1.54, 1.807) is 0 Å². The van der Waals surface area contributed by atoms with Gasteiger partial charge in [-0.25, -0.2) is 5.01 Å². The van der Waals surface area contributed by atoms with Gasteiger partial charge in [0.05, 0.1) is 5.69 Å². The van der Waals surface area contributed by atoms with Gasteiger partial charge in [-0.1, -0.05) is 0 Å². The van der Waals surface area contributed by atoms with Gasteiger partial charge in [-0.2, -0.15) is 5.10 Å². The maximum absolute atomic E-state index is 5.77. The summed E-state index contributed by atoms with van der Waals surface area (Å²) in [6.07, 6.45) is 4.38. The molecule has 0 bridgehead atoms. The van der Waals surface area contributed by atoms with Crippen molar-refractivity contribution >= 4 is 0 Å². The molecule has 1 aliphatic rings. The summed E-state index contributed by atoms with van der Waals surface area (Å²) in [5, 5.41) is 6.29. The van der Waals surface area contributed by atoms with Crippen LogP contribution in [0.1, 0.15) is 24.5 Å². The van der Waals surface area contributed by atoms with Gasteiger partial charge in [0.15, 0.2) is 0 Å². The third-order valence-electron chi connectivity index (χ3n) is 2.61. The molecule has 1 saturated heterocycles. The molecule has 4 nitrogen and oxygen atoms in total. The predicted molar refractivity (Wildman–Crippen MR) is 50.9 cm³/mol. The fourth-order valence-corrected chi connectivity index (χ4v) is 1.90. The molecular weight excluding hydrogens is 164 g/mol. The Morgan fingerprint density at radius 1 is 1.62 bits per heavy atom. The Bertz CT molecular complexity index is 281. The van der Waals surface area contributed by atoms with Crippen molar-refractivity contribution in [3.63, 3.8) is 0 Å². The van der Waals surface area contributed by atoms with Crippen molar-refractivity contribution in [1.82, 2.24) is 14.8 Å². The Hall–Kier alpha value is -0.870. The molecule has 0 amide bonds. The van der Waals surface area contributed by atoms with Crippen LogP contribution in [0.25, 0.3) is 0 Å². The third-order valence-corrected chi connectivity index (χ3v) is 2.61. The number of nitrogens with zero attached hydrogens (tertiary/aromatic N) is 3. The summed E-state index contributed by atoms with van der Waals surface area (Å²) in [5.74, 6) is 6.30. The molecule has 0 spiro atoms. The molecule has 1 unspecified atom stereocenters. The molecule has 13 heavy (non-hydrogen) atoms. The zero-order valence-corrected chi connectivity index (χ0v) is 7.98. The Morgan fingerprint density at radius 2 is 2.46 bits per heavy atom. The molecule has 4 heteroatoms. The van der Waals surface area contributed by atoms with Crippen LogP contribution in [0.3, 0.4) is 0 Å². The second-order valence-corrected chi connectivity index (χ2v) is 3.75. The molecule has 2 N–H and O–H groups in total. The Kier molecular flexibility index (Phi) is 2.33. The highest BCUT2D eigenvalue weighted by Gasteiger charge is 2.20. The standard InChI is InChI=1S/C9H16N4/c1-12-6-4-9(11-12)8-3-2-5-13(10)7-8/h4,6,8H,2-3,5,7,10H2,1H3. The number of hydrogen-bond donors (Lipinski definition) is 1. The number of rotatable bonds is 1. The first-order valence-electron chi connectivity index (χ1n) is 4.75. The maximum Gasteiger partial charge on any atom is 0.0668 e. The monoisotopic (exact) mass is 180 g/mol. The Labute approximate surface area is 78.3 Å². The van der Waals surface area contributed by atoms with Gasteiger partial charge in [0, 0.05) is 32.3 Å². The van der Waals surface area contributed by atoms with E-state index in [1.165, 1.54) is 18.5 Å². The first-order valence-corrected chi connectivity index (χ1v) is 4.75. The van der Waals surface area contributed by atoms with Gasteiger partial charge in [-0.3, -0.25) is 10.5 Å². The van der Waals surface area contributed by atoms with Crippen molar-refractivity contribution in [3.8, 4) is 0 Å². The fraction of sp³-hybridized carbons (Fsp3) is 0.667. The van der Waals surface area contributed by atoms with Crippen LogP contribution in [0, 0.1) is 0 Å². The smallest absolute Gasteiger partial charge is 0.0668 e. The zero-order chi connectivity index (χ0) is 9.26. The van der Waals surface area contributed by atoms with Crippen molar-refractivity contribution in [2.75, 3.05) is 13.1 Å². The third kappa shape index (κ3) is 1.89. The molecule has 0 aromatic carbocycles. The van der Waals surface area contributed by atoms with Crippen LogP contribution in [0.15, 0.2) is 12.3 Å². The van der Waals surface area contributed by atoms with E-state index in [9.17, 15) is 0 Å². The minimum atomic E-state index is 0.528. The number of hydrazine groups is 1. The van der Waals surface area contributed by atoms with Crippen LogP contribution in [0.2, 0.25) is 0 Å². The van der Waals surface area contributed by atoms with Crippen molar-refractivity contribution in [3.05, 3.63) is 18.0 Å². The molecule has 1 atom stereocenters. The average molecular weight is 180 g/mol. The number of piperidine rings is 1. The molecule has 0 saturated carbocycles. The van der Waals surface area contributed by atoms with E-state index in [4.69, 9.17) is 5.84 Å². The molecular formula is C9H16N4. The van der Waals surface area contributed by atoms with Crippen LogP contribution >= 0.6 is 0 Å². The topological polar surface area (TPSA) is 47.1 Å². The van der Waals surface area contributed by atoms with Gasteiger partial charge in [0.1, 0.15) is 0 Å². The van der Waals surface area contributed by atoms with Gasteiger partial charge < -0.3 is 0 Å². The van der Waals surface area contributed by atoms with E-state index in [0.717, 1.165) is 13.1 Å². The van der Waals surface area contributed by atoms with Crippen molar-refractivity contribution < 1.29 is 0 Å². The summed E-state index contributed by atoms with van der Waals surface area (Å²) in [5.41, 5.74) is 1.18. The molecule has 1 aromatic rings. The highest BCUT2D eigenvalue weighted by Crippen LogP contribution is 2.23. The first kappa shape index (κ1) is 8.72. The zero-order valence-electron chi connectivity index (χ0n) is 7.98. The van der Waals surface area contributed by atoms with Gasteiger partial charge in [0.25, 0.3) is 0 Å². The average Bonchev–Trinajstić information content (AvgIpc) is 2.52. The molecule has 2 heterocycles. The lowest BCUT2D eigenvalue weighted by molar-refractivity contribution is 0.210. The molecule has 1 aromatic heterocycles. The fourth-order valence-electron chi connectivity index (χ4n) is 1.90. The van der Waals surface area contributed by atoms with Crippen LogP contribution in [-0.4, -0.2) is 27.9 Å².